The lowest BCUT2D eigenvalue weighted by Gasteiger charge is -2.17. The van der Waals surface area contributed by atoms with E-state index in [1.54, 1.807) is 25.1 Å². The fourth-order valence-corrected chi connectivity index (χ4v) is 2.81. The van der Waals surface area contributed by atoms with E-state index >= 15 is 0 Å². The van der Waals surface area contributed by atoms with Gasteiger partial charge in [0.25, 0.3) is 5.91 Å². The highest BCUT2D eigenvalue weighted by molar-refractivity contribution is 7.92. The van der Waals surface area contributed by atoms with E-state index in [2.05, 4.69) is 10.0 Å². The lowest BCUT2D eigenvalue weighted by atomic mass is 10.1. The van der Waals surface area contributed by atoms with Gasteiger partial charge in [0, 0.05) is 18.2 Å². The van der Waals surface area contributed by atoms with Gasteiger partial charge in [-0.1, -0.05) is 6.07 Å². The van der Waals surface area contributed by atoms with Crippen molar-refractivity contribution >= 4 is 34.0 Å². The van der Waals surface area contributed by atoms with Crippen molar-refractivity contribution in [2.75, 3.05) is 17.5 Å². The van der Waals surface area contributed by atoms with Crippen LogP contribution in [0.4, 0.5) is 5.69 Å². The summed E-state index contributed by atoms with van der Waals surface area (Å²) in [5, 5.41) is 2.91. The number of hydrogen-bond donors (Lipinski definition) is 3. The molecule has 0 radical (unpaired) electrons. The number of benzene rings is 1. The average Bonchev–Trinajstić information content (AvgIpc) is 3.21. The van der Waals surface area contributed by atoms with Gasteiger partial charge in [0.05, 0.1) is 11.9 Å². The first-order chi connectivity index (χ1) is 9.80. The van der Waals surface area contributed by atoms with Crippen molar-refractivity contribution in [3.63, 3.8) is 0 Å². The van der Waals surface area contributed by atoms with Crippen LogP contribution in [0.25, 0.3) is 0 Å². The van der Waals surface area contributed by atoms with E-state index in [1.807, 2.05) is 0 Å². The van der Waals surface area contributed by atoms with Gasteiger partial charge in [-0.05, 0) is 43.4 Å². The summed E-state index contributed by atoms with van der Waals surface area (Å²) in [5.41, 5.74) is 7.27. The summed E-state index contributed by atoms with van der Waals surface area (Å²) in [4.78, 5) is 12.2. The predicted octanol–water partition coefficient (Wildman–Crippen LogP) is 1.26. The van der Waals surface area contributed by atoms with Gasteiger partial charge >= 0.3 is 0 Å². The summed E-state index contributed by atoms with van der Waals surface area (Å²) < 4.78 is 25.1. The van der Waals surface area contributed by atoms with Gasteiger partial charge in [0.2, 0.25) is 10.0 Å². The van der Waals surface area contributed by atoms with Crippen LogP contribution in [0.15, 0.2) is 18.2 Å². The number of hydrogen-bond acceptors (Lipinski definition) is 4. The Morgan fingerprint density at radius 1 is 1.41 bits per heavy atom. The quantitative estimate of drug-likeness (QED) is 0.720. The maximum Gasteiger partial charge on any atom is 0.251 e. The van der Waals surface area contributed by atoms with Gasteiger partial charge in [-0.25, -0.2) is 8.42 Å². The Bertz CT molecular complexity index is 645. The van der Waals surface area contributed by atoms with Crippen LogP contribution in [-0.4, -0.2) is 33.2 Å². The molecule has 1 aromatic rings. The van der Waals surface area contributed by atoms with Gasteiger partial charge in [-0.3, -0.25) is 9.52 Å². The lowest BCUT2D eigenvalue weighted by Crippen LogP contribution is -2.41. The van der Waals surface area contributed by atoms with Crippen LogP contribution in [0.2, 0.25) is 0 Å². The van der Waals surface area contributed by atoms with Crippen molar-refractivity contribution < 1.29 is 13.2 Å². The molecule has 1 unspecified atom stereocenters. The zero-order chi connectivity index (χ0) is 15.6. The molecule has 6 nitrogen and oxygen atoms in total. The minimum absolute atomic E-state index is 0. The molecule has 2 rings (SSSR count). The molecule has 1 fully saturated rings. The molecule has 0 spiro atoms. The molecule has 0 aromatic heterocycles. The highest BCUT2D eigenvalue weighted by Gasteiger charge is 2.31. The fourth-order valence-electron chi connectivity index (χ4n) is 2.19. The highest BCUT2D eigenvalue weighted by atomic mass is 35.5. The molecule has 0 heterocycles. The number of carbonyl (C=O) groups excluding carboxylic acids is 1. The lowest BCUT2D eigenvalue weighted by molar-refractivity contribution is 0.0933. The van der Waals surface area contributed by atoms with Crippen LogP contribution in [-0.2, 0) is 10.0 Å². The molecule has 8 heteroatoms. The fraction of sp³-hybridized carbons (Fsp3) is 0.500. The number of nitrogens with two attached hydrogens (primary N) is 1. The minimum Gasteiger partial charge on any atom is -0.348 e. The molecular formula is C14H22ClN3O3S. The summed E-state index contributed by atoms with van der Waals surface area (Å²) in [6.07, 6.45) is 3.27. The van der Waals surface area contributed by atoms with Gasteiger partial charge in [0.1, 0.15) is 0 Å². The molecule has 0 saturated heterocycles. The Labute approximate surface area is 137 Å². The molecule has 1 aliphatic rings. The number of halogens is 1. The summed E-state index contributed by atoms with van der Waals surface area (Å²) in [5.74, 6) is 0.243. The zero-order valence-corrected chi connectivity index (χ0v) is 14.3. The van der Waals surface area contributed by atoms with Crippen molar-refractivity contribution in [2.24, 2.45) is 11.7 Å². The Balaban J connectivity index is 0.00000242. The van der Waals surface area contributed by atoms with Crippen molar-refractivity contribution in [1.82, 2.24) is 5.32 Å². The van der Waals surface area contributed by atoms with Crippen molar-refractivity contribution in [3.8, 4) is 0 Å². The standard InChI is InChI=1S/C14H21N3O3S.ClH/c1-9-3-4-11(7-12(9)17-21(2,19)20)14(18)16-13(8-15)10-5-6-10;/h3-4,7,10,13,17H,5-6,8,15H2,1-2H3,(H,16,18);1H. The number of amides is 1. The third-order valence-electron chi connectivity index (χ3n) is 3.56. The van der Waals surface area contributed by atoms with Crippen LogP contribution in [0.5, 0.6) is 0 Å². The minimum atomic E-state index is -3.37. The molecule has 1 atom stereocenters. The molecule has 0 aliphatic heterocycles. The van der Waals surface area contributed by atoms with E-state index in [-0.39, 0.29) is 24.4 Å². The Morgan fingerprint density at radius 3 is 2.55 bits per heavy atom. The number of nitrogens with one attached hydrogen (secondary N) is 2. The number of sulfonamides is 1. The Morgan fingerprint density at radius 2 is 2.05 bits per heavy atom. The Hall–Kier alpha value is -1.31. The highest BCUT2D eigenvalue weighted by Crippen LogP contribution is 2.32. The van der Waals surface area contributed by atoms with Crippen LogP contribution < -0.4 is 15.8 Å². The van der Waals surface area contributed by atoms with Crippen molar-refractivity contribution in [2.45, 2.75) is 25.8 Å². The van der Waals surface area contributed by atoms with E-state index in [1.165, 1.54) is 0 Å². The van der Waals surface area contributed by atoms with E-state index in [9.17, 15) is 13.2 Å². The summed E-state index contributed by atoms with van der Waals surface area (Å²) in [6.45, 7) is 2.19. The van der Waals surface area contributed by atoms with Crippen LogP contribution >= 0.6 is 12.4 Å². The molecular weight excluding hydrogens is 326 g/mol. The molecule has 1 saturated carbocycles. The monoisotopic (exact) mass is 347 g/mol. The van der Waals surface area contributed by atoms with Crippen LogP contribution in [0.1, 0.15) is 28.8 Å². The molecule has 1 aromatic carbocycles. The predicted molar refractivity (Wildman–Crippen MR) is 89.9 cm³/mol. The van der Waals surface area contributed by atoms with Crippen molar-refractivity contribution in [3.05, 3.63) is 29.3 Å². The van der Waals surface area contributed by atoms with Crippen LogP contribution in [0, 0.1) is 12.8 Å². The topological polar surface area (TPSA) is 101 Å². The van der Waals surface area contributed by atoms with Crippen molar-refractivity contribution in [1.29, 1.82) is 0 Å². The molecule has 22 heavy (non-hydrogen) atoms. The number of carbonyl (C=O) groups is 1. The van der Waals surface area contributed by atoms with E-state index in [0.717, 1.165) is 24.7 Å². The normalized spacial score (nSPS) is 15.6. The van der Waals surface area contributed by atoms with Gasteiger partial charge in [-0.15, -0.1) is 12.4 Å². The molecule has 0 bridgehead atoms. The summed E-state index contributed by atoms with van der Waals surface area (Å²) in [7, 11) is -3.37. The molecule has 4 N–H and O–H groups in total. The summed E-state index contributed by atoms with van der Waals surface area (Å²) in [6, 6.07) is 4.94. The zero-order valence-electron chi connectivity index (χ0n) is 12.6. The first-order valence-electron chi connectivity index (χ1n) is 6.89. The van der Waals surface area contributed by atoms with Crippen LogP contribution in [0.3, 0.4) is 0 Å². The summed E-state index contributed by atoms with van der Waals surface area (Å²) >= 11 is 0. The van der Waals surface area contributed by atoms with Gasteiger partial charge < -0.3 is 11.1 Å². The first kappa shape index (κ1) is 18.7. The number of rotatable bonds is 6. The van der Waals surface area contributed by atoms with E-state index in [0.29, 0.717) is 23.7 Å². The second-order valence-electron chi connectivity index (χ2n) is 5.56. The third kappa shape index (κ3) is 5.15. The second-order valence-corrected chi connectivity index (χ2v) is 7.31. The van der Waals surface area contributed by atoms with E-state index < -0.39 is 10.0 Å². The maximum absolute atomic E-state index is 12.2. The number of anilines is 1. The Kier molecular flexibility index (Phi) is 6.22. The average molecular weight is 348 g/mol. The second kappa shape index (κ2) is 7.30. The molecule has 1 aliphatic carbocycles. The number of aryl methyl sites for hydroxylation is 1. The van der Waals surface area contributed by atoms with Gasteiger partial charge in [0.15, 0.2) is 0 Å². The molecule has 124 valence electrons. The van der Waals surface area contributed by atoms with Gasteiger partial charge in [-0.2, -0.15) is 0 Å². The largest absolute Gasteiger partial charge is 0.348 e. The SMILES string of the molecule is Cc1ccc(C(=O)NC(CN)C2CC2)cc1NS(C)(=O)=O.Cl. The smallest absolute Gasteiger partial charge is 0.251 e. The van der Waals surface area contributed by atoms with E-state index in [4.69, 9.17) is 5.73 Å². The third-order valence-corrected chi connectivity index (χ3v) is 4.15. The maximum atomic E-state index is 12.2. The first-order valence-corrected chi connectivity index (χ1v) is 8.78. The molecule has 1 amide bonds.